The molecule has 53 heavy (non-hydrogen) atoms. The van der Waals surface area contributed by atoms with Gasteiger partial charge in [0.25, 0.3) is 0 Å². The number of methoxy groups -OCH3 is 1. The number of allylic oxidation sites excluding steroid dienone is 5. The quantitative estimate of drug-likeness (QED) is 0.119. The van der Waals surface area contributed by atoms with Gasteiger partial charge in [-0.2, -0.15) is 0 Å². The molecule has 0 radical (unpaired) electrons. The summed E-state index contributed by atoms with van der Waals surface area (Å²) >= 11 is 0. The molecule has 5 aromatic carbocycles. The molecule has 0 bridgehead atoms. The van der Waals surface area contributed by atoms with Crippen LogP contribution in [-0.2, 0) is 6.42 Å². The third-order valence-corrected chi connectivity index (χ3v) is 9.37. The van der Waals surface area contributed by atoms with Crippen LogP contribution < -0.4 is 9.64 Å². The highest BCUT2D eigenvalue weighted by Crippen LogP contribution is 2.40. The van der Waals surface area contributed by atoms with Crippen LogP contribution in [0.3, 0.4) is 0 Å². The maximum Gasteiger partial charge on any atom is 0.135 e. The number of aryl methyl sites for hydroxylation is 1. The van der Waals surface area contributed by atoms with Gasteiger partial charge in [-0.05, 0) is 110 Å². The zero-order chi connectivity index (χ0) is 36.7. The van der Waals surface area contributed by atoms with Gasteiger partial charge in [0.1, 0.15) is 28.4 Å². The Kier molecular flexibility index (Phi) is 10.6. The van der Waals surface area contributed by atoms with Gasteiger partial charge in [0.2, 0.25) is 0 Å². The summed E-state index contributed by atoms with van der Waals surface area (Å²) in [7, 11) is 1.69. The summed E-state index contributed by atoms with van der Waals surface area (Å²) in [5.74, 6) is 3.07. The Morgan fingerprint density at radius 3 is 1.91 bits per heavy atom. The average molecular weight is 696 g/mol. The van der Waals surface area contributed by atoms with E-state index in [0.717, 1.165) is 84.9 Å². The molecule has 0 saturated carbocycles. The molecule has 0 unspecified atom stereocenters. The van der Waals surface area contributed by atoms with Crippen LogP contribution in [0, 0.1) is 12.8 Å². The first kappa shape index (κ1) is 35.2. The third-order valence-electron chi connectivity index (χ3n) is 9.37. The van der Waals surface area contributed by atoms with Crippen LogP contribution in [-0.4, -0.2) is 7.11 Å². The summed E-state index contributed by atoms with van der Waals surface area (Å²) in [6, 6.07) is 40.2. The highest BCUT2D eigenvalue weighted by atomic mass is 16.5. The van der Waals surface area contributed by atoms with E-state index >= 15 is 0 Å². The summed E-state index contributed by atoms with van der Waals surface area (Å²) in [6.07, 6.45) is 17.7. The van der Waals surface area contributed by atoms with E-state index in [-0.39, 0.29) is 0 Å². The van der Waals surface area contributed by atoms with Crippen LogP contribution >= 0.6 is 0 Å². The first-order valence-corrected chi connectivity index (χ1v) is 18.2. The Morgan fingerprint density at radius 1 is 0.679 bits per heavy atom. The van der Waals surface area contributed by atoms with Crippen LogP contribution in [0.2, 0.25) is 0 Å². The molecule has 0 saturated heterocycles. The van der Waals surface area contributed by atoms with Gasteiger partial charge in [-0.25, -0.2) is 0 Å². The van der Waals surface area contributed by atoms with E-state index in [4.69, 9.17) is 13.6 Å². The molecular formula is C49H45NO3. The molecule has 0 aliphatic rings. The first-order valence-electron chi connectivity index (χ1n) is 18.2. The molecule has 264 valence electrons. The maximum absolute atomic E-state index is 6.62. The van der Waals surface area contributed by atoms with Crippen molar-refractivity contribution in [3.63, 3.8) is 0 Å². The van der Waals surface area contributed by atoms with Crippen molar-refractivity contribution >= 4 is 57.2 Å². The number of nitrogens with zero attached hydrogens (tertiary/aromatic N) is 1. The Bertz CT molecular complexity index is 2420. The molecule has 7 aromatic rings. The predicted octanol–water partition coefficient (Wildman–Crippen LogP) is 14.1. The predicted molar refractivity (Wildman–Crippen MR) is 224 cm³/mol. The maximum atomic E-state index is 6.62. The van der Waals surface area contributed by atoms with E-state index < -0.39 is 0 Å². The Labute approximate surface area is 312 Å². The Hall–Kier alpha value is -6.26. The summed E-state index contributed by atoms with van der Waals surface area (Å²) in [5.41, 5.74) is 10.5. The first-order chi connectivity index (χ1) is 25.9. The molecule has 0 fully saturated rings. The average Bonchev–Trinajstić information content (AvgIpc) is 3.70. The standard InChI is InChI=1S/C49H45NO3/c1-6-7-8-12-15-43-44-32-48-45(49(35(4)52-48)38-13-10-9-11-14-38)33-47(44)53-46(43)31-22-37-20-25-40(26-21-37)50(41-27-29-42(51-5)30-28-41)39-23-18-36(19-24-39)17-16-34(2)3/h6-14,16-34H,15H2,1-5H3/b7-6-,12-8-,17-16+,31-22+. The van der Waals surface area contributed by atoms with Crippen molar-refractivity contribution in [2.75, 3.05) is 12.0 Å². The monoisotopic (exact) mass is 695 g/mol. The van der Waals surface area contributed by atoms with Gasteiger partial charge < -0.3 is 18.5 Å². The number of hydrogen-bond acceptors (Lipinski definition) is 4. The fourth-order valence-corrected chi connectivity index (χ4v) is 6.69. The van der Waals surface area contributed by atoms with Crippen molar-refractivity contribution in [2.24, 2.45) is 5.92 Å². The van der Waals surface area contributed by atoms with Crippen molar-refractivity contribution < 1.29 is 13.6 Å². The second kappa shape index (κ2) is 16.0. The molecule has 0 aliphatic carbocycles. The minimum Gasteiger partial charge on any atom is -0.497 e. The molecule has 2 aromatic heterocycles. The lowest BCUT2D eigenvalue weighted by Crippen LogP contribution is -2.09. The van der Waals surface area contributed by atoms with E-state index in [0.29, 0.717) is 5.92 Å². The number of benzene rings is 5. The number of furan rings is 2. The van der Waals surface area contributed by atoms with Crippen molar-refractivity contribution in [1.82, 2.24) is 0 Å². The molecule has 2 heterocycles. The van der Waals surface area contributed by atoms with Gasteiger partial charge in [-0.15, -0.1) is 0 Å². The molecule has 0 atom stereocenters. The van der Waals surface area contributed by atoms with Crippen molar-refractivity contribution in [3.05, 3.63) is 174 Å². The number of anilines is 3. The van der Waals surface area contributed by atoms with Crippen molar-refractivity contribution in [3.8, 4) is 16.9 Å². The van der Waals surface area contributed by atoms with Gasteiger partial charge in [0.15, 0.2) is 0 Å². The lowest BCUT2D eigenvalue weighted by molar-refractivity contribution is 0.415. The van der Waals surface area contributed by atoms with E-state index in [9.17, 15) is 0 Å². The van der Waals surface area contributed by atoms with E-state index in [1.807, 2.05) is 44.2 Å². The minimum atomic E-state index is 0.502. The summed E-state index contributed by atoms with van der Waals surface area (Å²) in [5, 5.41) is 2.12. The van der Waals surface area contributed by atoms with Gasteiger partial charge in [0, 0.05) is 39.0 Å². The van der Waals surface area contributed by atoms with Gasteiger partial charge >= 0.3 is 0 Å². The molecule has 0 amide bonds. The Balaban J connectivity index is 1.23. The van der Waals surface area contributed by atoms with Crippen molar-refractivity contribution in [1.29, 1.82) is 0 Å². The molecule has 0 spiro atoms. The second-order valence-corrected chi connectivity index (χ2v) is 13.5. The fraction of sp³-hybridized carbons (Fsp3) is 0.143. The summed E-state index contributed by atoms with van der Waals surface area (Å²) in [4.78, 5) is 2.26. The van der Waals surface area contributed by atoms with E-state index in [1.165, 1.54) is 5.56 Å². The van der Waals surface area contributed by atoms with Crippen LogP contribution in [0.1, 0.15) is 49.0 Å². The smallest absolute Gasteiger partial charge is 0.135 e. The molecule has 4 nitrogen and oxygen atoms in total. The SMILES string of the molecule is C/C=C\C=C/Cc1c(/C=C/c2ccc(N(c3ccc(/C=C/C(C)C)cc3)c3ccc(OC)cc3)cc2)oc2cc3c(-c4ccccc4)c(C)oc3cc12. The van der Waals surface area contributed by atoms with E-state index in [2.05, 4.69) is 152 Å². The van der Waals surface area contributed by atoms with Crippen LogP contribution in [0.15, 0.2) is 154 Å². The molecule has 7 rings (SSSR count). The third kappa shape index (κ3) is 7.83. The summed E-state index contributed by atoms with van der Waals surface area (Å²) < 4.78 is 18.4. The van der Waals surface area contributed by atoms with Crippen LogP contribution in [0.4, 0.5) is 17.1 Å². The number of rotatable bonds is 12. The van der Waals surface area contributed by atoms with Crippen molar-refractivity contribution in [2.45, 2.75) is 34.1 Å². The largest absolute Gasteiger partial charge is 0.497 e. The highest BCUT2D eigenvalue weighted by molar-refractivity contribution is 6.04. The molecule has 0 aliphatic heterocycles. The normalized spacial score (nSPS) is 12.2. The zero-order valence-electron chi connectivity index (χ0n) is 31.0. The molecular weight excluding hydrogens is 651 g/mol. The van der Waals surface area contributed by atoms with Gasteiger partial charge in [0.05, 0.1) is 7.11 Å². The van der Waals surface area contributed by atoms with Gasteiger partial charge in [-0.1, -0.05) is 111 Å². The Morgan fingerprint density at radius 2 is 1.28 bits per heavy atom. The molecule has 0 N–H and O–H groups in total. The highest BCUT2D eigenvalue weighted by Gasteiger charge is 2.19. The topological polar surface area (TPSA) is 38.8 Å². The van der Waals surface area contributed by atoms with Gasteiger partial charge in [-0.3, -0.25) is 0 Å². The minimum absolute atomic E-state index is 0.502. The lowest BCUT2D eigenvalue weighted by atomic mass is 10.00. The fourth-order valence-electron chi connectivity index (χ4n) is 6.69. The van der Waals surface area contributed by atoms with Crippen LogP contribution in [0.25, 0.3) is 51.3 Å². The lowest BCUT2D eigenvalue weighted by Gasteiger charge is -2.26. The number of fused-ring (bicyclic) bond motifs is 2. The number of hydrogen-bond donors (Lipinski definition) is 0. The van der Waals surface area contributed by atoms with Crippen LogP contribution in [0.5, 0.6) is 5.75 Å². The van der Waals surface area contributed by atoms with E-state index in [1.54, 1.807) is 7.11 Å². The summed E-state index contributed by atoms with van der Waals surface area (Å²) in [6.45, 7) is 8.43. The molecule has 4 heteroatoms. The second-order valence-electron chi connectivity index (χ2n) is 13.5. The number of ether oxygens (including phenoxy) is 1. The zero-order valence-corrected chi connectivity index (χ0v) is 31.0.